The van der Waals surface area contributed by atoms with Gasteiger partial charge in [0.1, 0.15) is 0 Å². The number of aromatic nitrogens is 4. The molecule has 0 saturated heterocycles. The Morgan fingerprint density at radius 1 is 0.431 bits per heavy atom. The molecule has 0 spiro atoms. The molecule has 0 aliphatic carbocycles. The summed E-state index contributed by atoms with van der Waals surface area (Å²) in [7, 11) is 0. The molecule has 0 bridgehead atoms. The molecule has 3 aromatic heterocycles. The van der Waals surface area contributed by atoms with Gasteiger partial charge in [-0.2, -0.15) is 9.97 Å². The van der Waals surface area contributed by atoms with E-state index in [4.69, 9.17) is 15.0 Å². The summed E-state index contributed by atoms with van der Waals surface area (Å²) in [4.78, 5) is 15.7. The van der Waals surface area contributed by atoms with E-state index in [1.54, 1.807) is 0 Å². The van der Waals surface area contributed by atoms with E-state index < -0.39 is 0 Å². The molecule has 0 aliphatic heterocycles. The maximum atomic E-state index is 5.32. The molecule has 8 aromatic carbocycles. The molecule has 11 rings (SSSR count). The molecule has 0 N–H and O–H groups in total. The van der Waals surface area contributed by atoms with Crippen LogP contribution >= 0.6 is 11.3 Å². The lowest BCUT2D eigenvalue weighted by Crippen LogP contribution is -2.10. The maximum Gasteiger partial charge on any atom is 0.238 e. The van der Waals surface area contributed by atoms with Gasteiger partial charge in [-0.3, -0.25) is 4.57 Å². The molecule has 0 unspecified atom stereocenters. The summed E-state index contributed by atoms with van der Waals surface area (Å²) in [6.45, 7) is 6.79. The van der Waals surface area contributed by atoms with Crippen LogP contribution in [-0.2, 0) is 5.41 Å². The van der Waals surface area contributed by atoms with Gasteiger partial charge in [-0.1, -0.05) is 172 Å². The fourth-order valence-electron chi connectivity index (χ4n) is 8.49. The Labute approximate surface area is 340 Å². The summed E-state index contributed by atoms with van der Waals surface area (Å²) in [5, 5.41) is 7.32. The van der Waals surface area contributed by atoms with Gasteiger partial charge in [0.15, 0.2) is 11.6 Å². The lowest BCUT2D eigenvalue weighted by molar-refractivity contribution is 0.590. The van der Waals surface area contributed by atoms with Gasteiger partial charge in [0.25, 0.3) is 0 Å². The largest absolute Gasteiger partial charge is 0.276 e. The third-order valence-corrected chi connectivity index (χ3v) is 12.6. The minimum absolute atomic E-state index is 0.0961. The van der Waals surface area contributed by atoms with Crippen LogP contribution in [0.3, 0.4) is 0 Å². The van der Waals surface area contributed by atoms with E-state index >= 15 is 0 Å². The zero-order valence-corrected chi connectivity index (χ0v) is 33.3. The minimum Gasteiger partial charge on any atom is -0.276 e. The van der Waals surface area contributed by atoms with E-state index in [1.807, 2.05) is 47.7 Å². The first-order valence-corrected chi connectivity index (χ1v) is 20.6. The molecular weight excluding hydrogens is 725 g/mol. The summed E-state index contributed by atoms with van der Waals surface area (Å²) in [6.07, 6.45) is 0. The molecule has 0 atom stereocenters. The van der Waals surface area contributed by atoms with Gasteiger partial charge in [-0.25, -0.2) is 4.98 Å². The SMILES string of the molecule is CC(C)(C)c1ccc(-c2ccc3sc4c(c3c2)c2ccccc2c2c3cc(-c5ccccc5)ccc3n(-c3nc(-c5ccccc5)nc(-c5ccccc5)n3)c42)cc1. The van der Waals surface area contributed by atoms with Crippen LogP contribution in [-0.4, -0.2) is 19.5 Å². The standard InChI is InChI=1S/C53H38N4S/c1-53(2,3)39-27-23-34(24-28-39)38-26-30-45-43(32-38)47-41-22-14-13-21-40(41)46-42-31-37(33-15-7-4-8-16-33)25-29-44(42)57(48(46)49(47)58-45)52-55-50(35-17-9-5-10-18-35)54-51(56-52)36-19-11-6-12-20-36/h4-32H,1-3H3. The van der Waals surface area contributed by atoms with E-state index in [1.165, 1.54) is 64.1 Å². The number of thiophene rings is 1. The fraction of sp³-hybridized carbons (Fsp3) is 0.0755. The van der Waals surface area contributed by atoms with Crippen molar-refractivity contribution in [2.24, 2.45) is 0 Å². The Balaban J connectivity index is 1.27. The van der Waals surface area contributed by atoms with Gasteiger partial charge in [0.05, 0.1) is 15.7 Å². The van der Waals surface area contributed by atoms with Crippen molar-refractivity contribution < 1.29 is 0 Å². The van der Waals surface area contributed by atoms with Crippen molar-refractivity contribution in [3.05, 3.63) is 181 Å². The normalized spacial score (nSPS) is 12.1. The van der Waals surface area contributed by atoms with Crippen LogP contribution in [0.25, 0.3) is 104 Å². The Morgan fingerprint density at radius 3 is 1.53 bits per heavy atom. The van der Waals surface area contributed by atoms with Crippen molar-refractivity contribution in [1.82, 2.24) is 19.5 Å². The van der Waals surface area contributed by atoms with E-state index in [-0.39, 0.29) is 5.41 Å². The van der Waals surface area contributed by atoms with Crippen molar-refractivity contribution in [1.29, 1.82) is 0 Å². The predicted molar refractivity (Wildman–Crippen MR) is 245 cm³/mol. The lowest BCUT2D eigenvalue weighted by atomic mass is 9.86. The van der Waals surface area contributed by atoms with Crippen LogP contribution in [0.15, 0.2) is 176 Å². The molecule has 0 saturated carbocycles. The van der Waals surface area contributed by atoms with E-state index in [9.17, 15) is 0 Å². The highest BCUT2D eigenvalue weighted by Crippen LogP contribution is 2.49. The molecular formula is C53H38N4S. The number of fused-ring (bicyclic) bond motifs is 10. The van der Waals surface area contributed by atoms with Crippen molar-refractivity contribution in [3.8, 4) is 51.0 Å². The zero-order chi connectivity index (χ0) is 39.0. The fourth-order valence-corrected chi connectivity index (χ4v) is 9.73. The summed E-state index contributed by atoms with van der Waals surface area (Å²) in [5.41, 5.74) is 10.2. The van der Waals surface area contributed by atoms with Crippen LogP contribution in [0.2, 0.25) is 0 Å². The second-order valence-corrected chi connectivity index (χ2v) is 17.1. The molecule has 11 aromatic rings. The second kappa shape index (κ2) is 13.3. The Bertz CT molecular complexity index is 3280. The average Bonchev–Trinajstić information content (AvgIpc) is 3.83. The van der Waals surface area contributed by atoms with Gasteiger partial charge >= 0.3 is 0 Å². The highest BCUT2D eigenvalue weighted by atomic mass is 32.1. The van der Waals surface area contributed by atoms with Crippen molar-refractivity contribution in [3.63, 3.8) is 0 Å². The summed E-state index contributed by atoms with van der Waals surface area (Å²) in [6, 6.07) is 62.9. The number of benzene rings is 8. The van der Waals surface area contributed by atoms with E-state index in [0.717, 1.165) is 27.5 Å². The van der Waals surface area contributed by atoms with Crippen LogP contribution < -0.4 is 0 Å². The van der Waals surface area contributed by atoms with Crippen molar-refractivity contribution >= 4 is 64.1 Å². The first-order chi connectivity index (χ1) is 28.4. The lowest BCUT2D eigenvalue weighted by Gasteiger charge is -2.19. The molecule has 58 heavy (non-hydrogen) atoms. The molecule has 0 amide bonds. The first kappa shape index (κ1) is 34.3. The van der Waals surface area contributed by atoms with Gasteiger partial charge in [-0.05, 0) is 68.3 Å². The van der Waals surface area contributed by atoms with Gasteiger partial charge in [0.2, 0.25) is 5.95 Å². The highest BCUT2D eigenvalue weighted by Gasteiger charge is 2.25. The number of hydrogen-bond donors (Lipinski definition) is 0. The monoisotopic (exact) mass is 762 g/mol. The third kappa shape index (κ3) is 5.61. The first-order valence-electron chi connectivity index (χ1n) is 19.8. The molecule has 0 fully saturated rings. The summed E-state index contributed by atoms with van der Waals surface area (Å²) < 4.78 is 4.76. The average molecular weight is 763 g/mol. The van der Waals surface area contributed by atoms with Gasteiger partial charge < -0.3 is 0 Å². The van der Waals surface area contributed by atoms with Crippen LogP contribution in [0.5, 0.6) is 0 Å². The third-order valence-electron chi connectivity index (χ3n) is 11.4. The quantitative estimate of drug-likeness (QED) is 0.175. The predicted octanol–water partition coefficient (Wildman–Crippen LogP) is 14.5. The van der Waals surface area contributed by atoms with Crippen molar-refractivity contribution in [2.45, 2.75) is 26.2 Å². The maximum absolute atomic E-state index is 5.32. The molecule has 5 heteroatoms. The molecule has 0 radical (unpaired) electrons. The van der Waals surface area contributed by atoms with Crippen LogP contribution in [0, 0.1) is 0 Å². The highest BCUT2D eigenvalue weighted by molar-refractivity contribution is 7.27. The Hall–Kier alpha value is -6.95. The van der Waals surface area contributed by atoms with E-state index in [0.29, 0.717) is 17.6 Å². The summed E-state index contributed by atoms with van der Waals surface area (Å²) >= 11 is 1.85. The summed E-state index contributed by atoms with van der Waals surface area (Å²) in [5.74, 6) is 1.86. The van der Waals surface area contributed by atoms with Gasteiger partial charge in [-0.15, -0.1) is 11.3 Å². The van der Waals surface area contributed by atoms with Crippen LogP contribution in [0.1, 0.15) is 26.3 Å². The number of rotatable bonds is 5. The Kier molecular flexibility index (Phi) is 7.88. The van der Waals surface area contributed by atoms with Gasteiger partial charge in [0, 0.05) is 37.4 Å². The smallest absolute Gasteiger partial charge is 0.238 e. The number of hydrogen-bond acceptors (Lipinski definition) is 4. The second-order valence-electron chi connectivity index (χ2n) is 16.1. The molecule has 4 nitrogen and oxygen atoms in total. The number of nitrogens with zero attached hydrogens (tertiary/aromatic N) is 4. The molecule has 3 heterocycles. The van der Waals surface area contributed by atoms with E-state index in [2.05, 4.69) is 165 Å². The zero-order valence-electron chi connectivity index (χ0n) is 32.4. The molecule has 0 aliphatic rings. The topological polar surface area (TPSA) is 43.6 Å². The Morgan fingerprint density at radius 2 is 0.931 bits per heavy atom. The van der Waals surface area contributed by atoms with Crippen LogP contribution in [0.4, 0.5) is 0 Å². The minimum atomic E-state index is 0.0961. The molecule has 276 valence electrons. The van der Waals surface area contributed by atoms with Crippen molar-refractivity contribution in [2.75, 3.05) is 0 Å².